The lowest BCUT2D eigenvalue weighted by atomic mass is 10.1. The summed E-state index contributed by atoms with van der Waals surface area (Å²) in [7, 11) is 0. The van der Waals surface area contributed by atoms with Gasteiger partial charge in [-0.25, -0.2) is 4.39 Å². The Labute approximate surface area is 157 Å². The van der Waals surface area contributed by atoms with Gasteiger partial charge in [-0.3, -0.25) is 19.8 Å². The fourth-order valence-electron chi connectivity index (χ4n) is 3.21. The normalized spacial score (nSPS) is 15.6. The lowest BCUT2D eigenvalue weighted by Crippen LogP contribution is -2.46. The summed E-state index contributed by atoms with van der Waals surface area (Å²) >= 11 is 0. The highest BCUT2D eigenvalue weighted by Gasteiger charge is 2.19. The fraction of sp³-hybridized carbons (Fsp3) is 0.350. The Bertz CT molecular complexity index is 802. The zero-order valence-electron chi connectivity index (χ0n) is 15.0. The number of piperazine rings is 1. The Hall–Kier alpha value is -2.64. The number of nitro benzene ring substituents is 1. The highest BCUT2D eigenvalue weighted by Crippen LogP contribution is 2.15. The van der Waals surface area contributed by atoms with Crippen LogP contribution in [-0.4, -0.2) is 53.2 Å². The van der Waals surface area contributed by atoms with Crippen LogP contribution in [-0.2, 0) is 6.54 Å². The van der Waals surface area contributed by atoms with Crippen molar-refractivity contribution >= 4 is 11.5 Å². The van der Waals surface area contributed by atoms with Gasteiger partial charge in [0.1, 0.15) is 5.82 Å². The highest BCUT2D eigenvalue weighted by atomic mass is 19.1. The number of nitro groups is 1. The van der Waals surface area contributed by atoms with Crippen molar-refractivity contribution in [1.29, 1.82) is 0 Å². The van der Waals surface area contributed by atoms with Gasteiger partial charge in [0.2, 0.25) is 0 Å². The van der Waals surface area contributed by atoms with E-state index >= 15 is 0 Å². The molecule has 1 fully saturated rings. The van der Waals surface area contributed by atoms with E-state index in [4.69, 9.17) is 0 Å². The summed E-state index contributed by atoms with van der Waals surface area (Å²) in [4.78, 5) is 26.9. The van der Waals surface area contributed by atoms with Crippen molar-refractivity contribution in [2.24, 2.45) is 0 Å². The number of nitrogens with zero attached hydrogens (tertiary/aromatic N) is 3. The molecule has 3 rings (SSSR count). The van der Waals surface area contributed by atoms with E-state index in [1.54, 1.807) is 6.07 Å². The topological polar surface area (TPSA) is 66.7 Å². The molecule has 142 valence electrons. The van der Waals surface area contributed by atoms with E-state index in [-0.39, 0.29) is 17.3 Å². The van der Waals surface area contributed by atoms with Crippen molar-refractivity contribution in [2.45, 2.75) is 13.0 Å². The molecule has 0 aromatic heterocycles. The molecule has 1 aliphatic rings. The van der Waals surface area contributed by atoms with Gasteiger partial charge in [-0.05, 0) is 18.2 Å². The third-order valence-electron chi connectivity index (χ3n) is 4.87. The van der Waals surface area contributed by atoms with Gasteiger partial charge in [-0.1, -0.05) is 18.2 Å². The number of hydrogen-bond donors (Lipinski definition) is 0. The number of halogens is 1. The number of carbonyl (C=O) groups excluding carboxylic acids is 1. The van der Waals surface area contributed by atoms with Crippen LogP contribution in [0.3, 0.4) is 0 Å². The molecule has 0 radical (unpaired) electrons. The van der Waals surface area contributed by atoms with Gasteiger partial charge in [0.15, 0.2) is 5.78 Å². The summed E-state index contributed by atoms with van der Waals surface area (Å²) in [6.07, 6.45) is 0.380. The summed E-state index contributed by atoms with van der Waals surface area (Å²) < 4.78 is 13.7. The van der Waals surface area contributed by atoms with Crippen LogP contribution < -0.4 is 0 Å². The molecule has 1 saturated heterocycles. The van der Waals surface area contributed by atoms with Crippen molar-refractivity contribution in [3.63, 3.8) is 0 Å². The van der Waals surface area contributed by atoms with E-state index in [0.717, 1.165) is 26.2 Å². The summed E-state index contributed by atoms with van der Waals surface area (Å²) in [6.45, 7) is 4.59. The van der Waals surface area contributed by atoms with E-state index in [1.165, 1.54) is 30.3 Å². The number of ketones is 1. The Morgan fingerprint density at radius 1 is 1.00 bits per heavy atom. The van der Waals surface area contributed by atoms with Crippen molar-refractivity contribution in [1.82, 2.24) is 9.80 Å². The minimum atomic E-state index is -0.477. The molecule has 0 amide bonds. The summed E-state index contributed by atoms with van der Waals surface area (Å²) in [6, 6.07) is 12.6. The lowest BCUT2D eigenvalue weighted by molar-refractivity contribution is -0.384. The first-order valence-corrected chi connectivity index (χ1v) is 8.99. The average Bonchev–Trinajstić information content (AvgIpc) is 2.69. The Morgan fingerprint density at radius 2 is 1.63 bits per heavy atom. The van der Waals surface area contributed by atoms with Crippen LogP contribution in [0.25, 0.3) is 0 Å². The monoisotopic (exact) mass is 371 g/mol. The van der Waals surface area contributed by atoms with E-state index in [2.05, 4.69) is 9.80 Å². The second-order valence-corrected chi connectivity index (χ2v) is 6.69. The molecular weight excluding hydrogens is 349 g/mol. The SMILES string of the molecule is O=C(CCN1CCN(Cc2ccccc2F)CC1)c1ccc([N+](=O)[O-])cc1. The minimum Gasteiger partial charge on any atom is -0.300 e. The molecule has 2 aromatic rings. The molecule has 0 unspecified atom stereocenters. The fourth-order valence-corrected chi connectivity index (χ4v) is 3.21. The van der Waals surface area contributed by atoms with Crippen LogP contribution in [0, 0.1) is 15.9 Å². The molecule has 0 spiro atoms. The quantitative estimate of drug-likeness (QED) is 0.425. The maximum absolute atomic E-state index is 13.7. The molecule has 7 heteroatoms. The van der Waals surface area contributed by atoms with E-state index in [0.29, 0.717) is 30.6 Å². The van der Waals surface area contributed by atoms with Crippen molar-refractivity contribution in [3.05, 3.63) is 75.6 Å². The Morgan fingerprint density at radius 3 is 2.26 bits per heavy atom. The summed E-state index contributed by atoms with van der Waals surface area (Å²) in [5, 5.41) is 10.7. The molecule has 1 heterocycles. The van der Waals surface area contributed by atoms with E-state index in [1.807, 2.05) is 12.1 Å². The van der Waals surface area contributed by atoms with Crippen LogP contribution in [0.15, 0.2) is 48.5 Å². The van der Waals surface area contributed by atoms with Gasteiger partial charge in [0.25, 0.3) is 5.69 Å². The lowest BCUT2D eigenvalue weighted by Gasteiger charge is -2.34. The Balaban J connectivity index is 1.43. The average molecular weight is 371 g/mol. The Kier molecular flexibility index (Phi) is 6.26. The number of benzene rings is 2. The second kappa shape index (κ2) is 8.83. The largest absolute Gasteiger partial charge is 0.300 e. The zero-order chi connectivity index (χ0) is 19.2. The van der Waals surface area contributed by atoms with E-state index < -0.39 is 4.92 Å². The predicted molar refractivity (Wildman–Crippen MR) is 100 cm³/mol. The predicted octanol–water partition coefficient (Wildman–Crippen LogP) is 3.12. The minimum absolute atomic E-state index is 0.0151. The first-order valence-electron chi connectivity index (χ1n) is 8.99. The van der Waals surface area contributed by atoms with Crippen LogP contribution in [0.1, 0.15) is 22.3 Å². The second-order valence-electron chi connectivity index (χ2n) is 6.69. The molecular formula is C20H22FN3O3. The third kappa shape index (κ3) is 5.18. The number of Topliss-reactive ketones (excluding diaryl/α,β-unsaturated/α-hetero) is 1. The van der Waals surface area contributed by atoms with Crippen molar-refractivity contribution in [2.75, 3.05) is 32.7 Å². The zero-order valence-corrected chi connectivity index (χ0v) is 15.0. The molecule has 6 nitrogen and oxygen atoms in total. The summed E-state index contributed by atoms with van der Waals surface area (Å²) in [5.41, 5.74) is 1.19. The molecule has 27 heavy (non-hydrogen) atoms. The number of carbonyl (C=O) groups is 1. The third-order valence-corrected chi connectivity index (χ3v) is 4.87. The van der Waals surface area contributed by atoms with Crippen LogP contribution >= 0.6 is 0 Å². The van der Waals surface area contributed by atoms with Gasteiger partial charge in [0, 0.05) is 68.9 Å². The van der Waals surface area contributed by atoms with Crippen LogP contribution in [0.2, 0.25) is 0 Å². The summed E-state index contributed by atoms with van der Waals surface area (Å²) in [5.74, 6) is -0.188. The van der Waals surface area contributed by atoms with Gasteiger partial charge in [-0.15, -0.1) is 0 Å². The molecule has 2 aromatic carbocycles. The van der Waals surface area contributed by atoms with E-state index in [9.17, 15) is 19.3 Å². The maximum atomic E-state index is 13.7. The number of non-ortho nitro benzene ring substituents is 1. The van der Waals surface area contributed by atoms with Crippen LogP contribution in [0.5, 0.6) is 0 Å². The number of rotatable bonds is 7. The molecule has 1 aliphatic heterocycles. The van der Waals surface area contributed by atoms with Gasteiger partial charge < -0.3 is 4.90 Å². The van der Waals surface area contributed by atoms with Gasteiger partial charge in [-0.2, -0.15) is 0 Å². The first-order chi connectivity index (χ1) is 13.0. The molecule has 0 aliphatic carbocycles. The number of hydrogen-bond acceptors (Lipinski definition) is 5. The van der Waals surface area contributed by atoms with Crippen molar-refractivity contribution < 1.29 is 14.1 Å². The van der Waals surface area contributed by atoms with Gasteiger partial charge in [0.05, 0.1) is 4.92 Å². The molecule has 0 N–H and O–H groups in total. The molecule has 0 atom stereocenters. The van der Waals surface area contributed by atoms with Crippen molar-refractivity contribution in [3.8, 4) is 0 Å². The first kappa shape index (κ1) is 19.1. The smallest absolute Gasteiger partial charge is 0.269 e. The standard InChI is InChI=1S/C20H22FN3O3/c21-19-4-2-1-3-17(19)15-23-13-11-22(12-14-23)10-9-20(25)16-5-7-18(8-6-16)24(26)27/h1-8H,9-15H2. The van der Waals surface area contributed by atoms with Gasteiger partial charge >= 0.3 is 0 Å². The van der Waals surface area contributed by atoms with Crippen LogP contribution in [0.4, 0.5) is 10.1 Å². The highest BCUT2D eigenvalue weighted by molar-refractivity contribution is 5.96. The molecule has 0 saturated carbocycles. The molecule has 0 bridgehead atoms. The maximum Gasteiger partial charge on any atom is 0.269 e.